The molecule has 3 rings (SSSR count). The van der Waals surface area contributed by atoms with Crippen LogP contribution in [0.25, 0.3) is 11.1 Å². The molecule has 0 N–H and O–H groups in total. The Balaban J connectivity index is 0.000000750. The Kier molecular flexibility index (Phi) is 2.69. The molecule has 1 aliphatic rings. The van der Waals surface area contributed by atoms with Gasteiger partial charge in [-0.3, -0.25) is 0 Å². The van der Waals surface area contributed by atoms with E-state index in [4.69, 9.17) is 0 Å². The van der Waals surface area contributed by atoms with E-state index in [9.17, 15) is 0 Å². The molecule has 0 amide bonds. The van der Waals surface area contributed by atoms with E-state index in [1.165, 1.54) is 22.3 Å². The second-order valence-electron chi connectivity index (χ2n) is 3.40. The van der Waals surface area contributed by atoms with Crippen molar-refractivity contribution in [1.29, 1.82) is 0 Å². The Bertz CT molecular complexity index is 417. The average Bonchev–Trinajstić information content (AvgIpc) is 2.56. The monoisotopic (exact) mass is 255 g/mol. The van der Waals surface area contributed by atoms with Crippen LogP contribution in [-0.2, 0) is 32.6 Å². The topological polar surface area (TPSA) is 0 Å². The maximum absolute atomic E-state index is 3.30. The van der Waals surface area contributed by atoms with Gasteiger partial charge in [-0.2, -0.15) is 29.8 Å². The van der Waals surface area contributed by atoms with Crippen molar-refractivity contribution >= 4 is 0 Å². The van der Waals surface area contributed by atoms with Crippen LogP contribution in [0.5, 0.6) is 0 Å². The summed E-state index contributed by atoms with van der Waals surface area (Å²) in [6.07, 6.45) is 1.05. The van der Waals surface area contributed by atoms with Crippen molar-refractivity contribution < 1.29 is 26.2 Å². The van der Waals surface area contributed by atoms with Crippen LogP contribution >= 0.6 is 0 Å². The van der Waals surface area contributed by atoms with E-state index in [2.05, 4.69) is 42.5 Å². The van der Waals surface area contributed by atoms with Crippen molar-refractivity contribution in [1.82, 2.24) is 0 Å². The molecule has 0 fully saturated rings. The predicted molar refractivity (Wildman–Crippen MR) is 53.5 cm³/mol. The van der Waals surface area contributed by atoms with E-state index in [0.29, 0.717) is 0 Å². The number of fused-ring (bicyclic) bond motifs is 3. The van der Waals surface area contributed by atoms with Crippen molar-refractivity contribution in [3.63, 3.8) is 0 Å². The minimum Gasteiger partial charge on any atom is -0.179 e. The van der Waals surface area contributed by atoms with Gasteiger partial charge in [-0.25, -0.2) is 0 Å². The van der Waals surface area contributed by atoms with Crippen LogP contribution in [0.1, 0.15) is 11.1 Å². The molecule has 0 unspecified atom stereocenters. The van der Waals surface area contributed by atoms with Crippen LogP contribution in [0.4, 0.5) is 0 Å². The van der Waals surface area contributed by atoms with Gasteiger partial charge in [0.2, 0.25) is 0 Å². The number of benzene rings is 2. The van der Waals surface area contributed by atoms with Gasteiger partial charge >= 0.3 is 26.2 Å². The zero-order valence-electron chi connectivity index (χ0n) is 7.75. The Hall–Kier alpha value is -0.677. The molecular formula is C13H9Zr+. The molecule has 0 nitrogen and oxygen atoms in total. The maximum Gasteiger partial charge on any atom is 2.00 e. The van der Waals surface area contributed by atoms with Gasteiger partial charge in [0.05, 0.1) is 0 Å². The third-order valence-electron chi connectivity index (χ3n) is 2.62. The minimum absolute atomic E-state index is 0. The van der Waals surface area contributed by atoms with Gasteiger partial charge in [0.15, 0.2) is 0 Å². The molecule has 0 radical (unpaired) electrons. The van der Waals surface area contributed by atoms with Crippen molar-refractivity contribution in [2.75, 3.05) is 0 Å². The van der Waals surface area contributed by atoms with Gasteiger partial charge < -0.3 is 0 Å². The standard InChI is InChI=1S/C13H9.Zr/c1-3-7-12-10(5-1)9-11-6-2-4-8-13(11)12;/h1-5,7-8H,9H2;/q-1;+2. The first-order chi connectivity index (χ1) is 6.45. The Morgan fingerprint density at radius 2 is 1.71 bits per heavy atom. The third kappa shape index (κ3) is 1.40. The molecule has 2 aromatic carbocycles. The zero-order valence-corrected chi connectivity index (χ0v) is 10.2. The summed E-state index contributed by atoms with van der Waals surface area (Å²) in [5.74, 6) is 0. The van der Waals surface area contributed by atoms with Crippen molar-refractivity contribution in [3.8, 4) is 11.1 Å². The fraction of sp³-hybridized carbons (Fsp3) is 0.0769. The molecule has 0 saturated carbocycles. The SMILES string of the molecule is [Zr+2].[c-]1cccc2c1Cc1ccccc1-2. The first-order valence-electron chi connectivity index (χ1n) is 4.53. The molecular weight excluding hydrogens is 247 g/mol. The molecule has 0 saturated heterocycles. The van der Waals surface area contributed by atoms with Gasteiger partial charge in [0, 0.05) is 0 Å². The van der Waals surface area contributed by atoms with Crippen LogP contribution in [0.3, 0.4) is 0 Å². The minimum atomic E-state index is 0. The van der Waals surface area contributed by atoms with Crippen LogP contribution in [-0.4, -0.2) is 0 Å². The third-order valence-corrected chi connectivity index (χ3v) is 2.62. The number of hydrogen-bond acceptors (Lipinski definition) is 0. The van der Waals surface area contributed by atoms with Crippen LogP contribution < -0.4 is 0 Å². The molecule has 0 bridgehead atoms. The van der Waals surface area contributed by atoms with Gasteiger partial charge in [0.25, 0.3) is 0 Å². The first kappa shape index (κ1) is 9.86. The predicted octanol–water partition coefficient (Wildman–Crippen LogP) is 3.06. The molecule has 64 valence electrons. The van der Waals surface area contributed by atoms with Gasteiger partial charge in [0.1, 0.15) is 0 Å². The first-order valence-corrected chi connectivity index (χ1v) is 4.53. The van der Waals surface area contributed by atoms with Gasteiger partial charge in [-0.1, -0.05) is 35.4 Å². The summed E-state index contributed by atoms with van der Waals surface area (Å²) in [6.45, 7) is 0. The number of rotatable bonds is 0. The summed E-state index contributed by atoms with van der Waals surface area (Å²) in [7, 11) is 0. The second kappa shape index (κ2) is 3.83. The number of hydrogen-bond donors (Lipinski definition) is 0. The van der Waals surface area contributed by atoms with E-state index in [0.717, 1.165) is 6.42 Å². The van der Waals surface area contributed by atoms with Crippen LogP contribution in [0, 0.1) is 6.07 Å². The van der Waals surface area contributed by atoms with Crippen molar-refractivity contribution in [2.45, 2.75) is 6.42 Å². The molecule has 0 aromatic heterocycles. The molecule has 2 aromatic rings. The summed E-state index contributed by atoms with van der Waals surface area (Å²) in [6, 6.07) is 18.1. The summed E-state index contributed by atoms with van der Waals surface area (Å²) < 4.78 is 0. The Labute approximate surface area is 103 Å². The fourth-order valence-corrected chi connectivity index (χ4v) is 2.00. The molecule has 0 aliphatic heterocycles. The molecule has 1 heteroatoms. The Morgan fingerprint density at radius 3 is 2.64 bits per heavy atom. The Morgan fingerprint density at radius 1 is 0.929 bits per heavy atom. The smallest absolute Gasteiger partial charge is 0.179 e. The summed E-state index contributed by atoms with van der Waals surface area (Å²) >= 11 is 0. The van der Waals surface area contributed by atoms with E-state index < -0.39 is 0 Å². The normalized spacial score (nSPS) is 11.4. The molecule has 14 heavy (non-hydrogen) atoms. The van der Waals surface area contributed by atoms with E-state index in [-0.39, 0.29) is 26.2 Å². The fourth-order valence-electron chi connectivity index (χ4n) is 2.00. The quantitative estimate of drug-likeness (QED) is 0.542. The van der Waals surface area contributed by atoms with Crippen LogP contribution in [0.15, 0.2) is 42.5 Å². The maximum atomic E-state index is 3.30. The molecule has 1 aliphatic carbocycles. The van der Waals surface area contributed by atoms with Gasteiger partial charge in [-0.05, 0) is 6.42 Å². The molecule has 0 atom stereocenters. The summed E-state index contributed by atoms with van der Waals surface area (Å²) in [4.78, 5) is 0. The molecule has 0 heterocycles. The summed E-state index contributed by atoms with van der Waals surface area (Å²) in [5, 5.41) is 0. The largest absolute Gasteiger partial charge is 2.00 e. The van der Waals surface area contributed by atoms with E-state index in [1.807, 2.05) is 6.07 Å². The second-order valence-corrected chi connectivity index (χ2v) is 3.40. The zero-order chi connectivity index (χ0) is 8.67. The van der Waals surface area contributed by atoms with Crippen molar-refractivity contribution in [3.05, 3.63) is 59.7 Å². The van der Waals surface area contributed by atoms with Crippen LogP contribution in [0.2, 0.25) is 0 Å². The van der Waals surface area contributed by atoms with Crippen molar-refractivity contribution in [2.24, 2.45) is 0 Å². The average molecular weight is 256 g/mol. The van der Waals surface area contributed by atoms with E-state index >= 15 is 0 Å². The van der Waals surface area contributed by atoms with E-state index in [1.54, 1.807) is 0 Å². The summed E-state index contributed by atoms with van der Waals surface area (Å²) in [5.41, 5.74) is 5.51. The van der Waals surface area contributed by atoms with Gasteiger partial charge in [-0.15, -0.1) is 5.56 Å². The molecule has 0 spiro atoms.